The summed E-state index contributed by atoms with van der Waals surface area (Å²) in [5, 5.41) is 16.9. The van der Waals surface area contributed by atoms with Gasteiger partial charge >= 0.3 is 0 Å². The third kappa shape index (κ3) is 4.09. The van der Waals surface area contributed by atoms with E-state index in [-0.39, 0.29) is 5.91 Å². The lowest BCUT2D eigenvalue weighted by atomic mass is 10.1. The Morgan fingerprint density at radius 3 is 2.96 bits per heavy atom. The zero-order chi connectivity index (χ0) is 18.5. The molecule has 0 unspecified atom stereocenters. The summed E-state index contributed by atoms with van der Waals surface area (Å²) in [6.45, 7) is 0.525. The van der Waals surface area contributed by atoms with E-state index in [1.807, 2.05) is 30.7 Å². The number of rotatable bonds is 6. The Morgan fingerprint density at radius 1 is 1.38 bits per heavy atom. The van der Waals surface area contributed by atoms with E-state index >= 15 is 0 Å². The van der Waals surface area contributed by atoms with Crippen molar-refractivity contribution < 1.29 is 4.79 Å². The van der Waals surface area contributed by atoms with Crippen molar-refractivity contribution in [2.24, 2.45) is 0 Å². The van der Waals surface area contributed by atoms with Gasteiger partial charge in [0.15, 0.2) is 0 Å². The fourth-order valence-corrected chi connectivity index (χ4v) is 4.64. The second kappa shape index (κ2) is 8.40. The summed E-state index contributed by atoms with van der Waals surface area (Å²) >= 11 is 4.31. The maximum Gasteiger partial charge on any atom is 0.260 e. The van der Waals surface area contributed by atoms with Gasteiger partial charge in [-0.1, -0.05) is 12.1 Å². The van der Waals surface area contributed by atoms with E-state index in [0.29, 0.717) is 23.4 Å². The minimum atomic E-state index is -0.182. The van der Waals surface area contributed by atoms with Gasteiger partial charge in [0.2, 0.25) is 0 Å². The van der Waals surface area contributed by atoms with Crippen molar-refractivity contribution >= 4 is 46.7 Å². The molecule has 0 spiro atoms. The van der Waals surface area contributed by atoms with E-state index in [2.05, 4.69) is 20.9 Å². The van der Waals surface area contributed by atoms with Crippen LogP contribution in [0.5, 0.6) is 0 Å². The summed E-state index contributed by atoms with van der Waals surface area (Å²) in [7, 11) is 0. The van der Waals surface area contributed by atoms with E-state index in [9.17, 15) is 4.79 Å². The fraction of sp³-hybridized carbons (Fsp3) is 0.176. The highest BCUT2D eigenvalue weighted by molar-refractivity contribution is 8.01. The van der Waals surface area contributed by atoms with Gasteiger partial charge in [-0.25, -0.2) is 0 Å². The molecular formula is C17H15N5OS3. The number of nitriles is 1. The number of thioether (sulfide) groups is 2. The number of carbonyl (C=O) groups excluding carboxylic acids is 1. The number of carbonyl (C=O) groups is 1. The molecular weight excluding hydrogens is 386 g/mol. The first kappa shape index (κ1) is 18.5. The van der Waals surface area contributed by atoms with Crippen molar-refractivity contribution in [3.8, 4) is 6.07 Å². The van der Waals surface area contributed by atoms with Gasteiger partial charge in [-0.3, -0.25) is 9.48 Å². The number of anilines is 1. The number of hydrogen-bond donors (Lipinski definition) is 1. The number of hydrogen-bond acceptors (Lipinski definition) is 7. The molecule has 3 aromatic rings. The van der Waals surface area contributed by atoms with Crippen molar-refractivity contribution in [3.05, 3.63) is 53.3 Å². The van der Waals surface area contributed by atoms with Crippen LogP contribution in [0.4, 0.5) is 5.69 Å². The topological polar surface area (TPSA) is 83.6 Å². The highest BCUT2D eigenvalue weighted by Gasteiger charge is 2.20. The van der Waals surface area contributed by atoms with E-state index in [0.717, 1.165) is 14.8 Å². The predicted molar refractivity (Wildman–Crippen MR) is 106 cm³/mol. The molecule has 0 bridgehead atoms. The Kier molecular flexibility index (Phi) is 5.98. The van der Waals surface area contributed by atoms with Gasteiger partial charge in [0.05, 0.1) is 39.8 Å². The molecule has 0 saturated heterocycles. The Morgan fingerprint density at radius 2 is 2.23 bits per heavy atom. The van der Waals surface area contributed by atoms with Gasteiger partial charge in [0.1, 0.15) is 5.03 Å². The smallest absolute Gasteiger partial charge is 0.260 e. The van der Waals surface area contributed by atoms with Gasteiger partial charge in [0.25, 0.3) is 5.91 Å². The second-order valence-corrected chi connectivity index (χ2v) is 7.89. The molecule has 0 fully saturated rings. The lowest BCUT2D eigenvalue weighted by Crippen LogP contribution is -2.12. The molecule has 0 atom stereocenters. The maximum absolute atomic E-state index is 12.6. The number of benzene rings is 1. The number of nitrogens with one attached hydrogen (secondary N) is 1. The first-order chi connectivity index (χ1) is 12.6. The Labute approximate surface area is 163 Å². The van der Waals surface area contributed by atoms with Crippen LogP contribution in [0.2, 0.25) is 0 Å². The molecule has 1 N–H and O–H groups in total. The van der Waals surface area contributed by atoms with Crippen LogP contribution < -0.4 is 5.32 Å². The van der Waals surface area contributed by atoms with Gasteiger partial charge in [-0.05, 0) is 41.7 Å². The molecule has 2 aromatic heterocycles. The first-order valence-electron chi connectivity index (χ1n) is 7.55. The molecule has 0 radical (unpaired) electrons. The molecule has 6 nitrogen and oxygen atoms in total. The molecule has 2 heterocycles. The van der Waals surface area contributed by atoms with Gasteiger partial charge < -0.3 is 5.32 Å². The lowest BCUT2D eigenvalue weighted by Gasteiger charge is -2.04. The van der Waals surface area contributed by atoms with Crippen LogP contribution in [0.25, 0.3) is 0 Å². The summed E-state index contributed by atoms with van der Waals surface area (Å²) in [6.07, 6.45) is 7.22. The quantitative estimate of drug-likeness (QED) is 0.630. The highest BCUT2D eigenvalue weighted by Crippen LogP contribution is 2.33. The maximum atomic E-state index is 12.6. The third-order valence-electron chi connectivity index (χ3n) is 3.53. The van der Waals surface area contributed by atoms with E-state index in [4.69, 9.17) is 5.26 Å². The molecule has 0 aliphatic rings. The largest absolute Gasteiger partial charge is 0.319 e. The summed E-state index contributed by atoms with van der Waals surface area (Å²) < 4.78 is 6.94. The van der Waals surface area contributed by atoms with Crippen LogP contribution in [0.1, 0.15) is 21.5 Å². The zero-order valence-corrected chi connectivity index (χ0v) is 16.5. The van der Waals surface area contributed by atoms with Crippen molar-refractivity contribution in [2.45, 2.75) is 15.8 Å². The summed E-state index contributed by atoms with van der Waals surface area (Å²) in [4.78, 5) is 12.6. The van der Waals surface area contributed by atoms with E-state index in [1.165, 1.54) is 35.1 Å². The number of nitrogens with zero attached hydrogens (tertiary/aromatic N) is 4. The van der Waals surface area contributed by atoms with Crippen LogP contribution in [-0.4, -0.2) is 32.6 Å². The average molecular weight is 402 g/mol. The molecule has 0 saturated carbocycles. The molecule has 1 aromatic carbocycles. The monoisotopic (exact) mass is 401 g/mol. The molecule has 9 heteroatoms. The van der Waals surface area contributed by atoms with Gasteiger partial charge in [0, 0.05) is 6.20 Å². The van der Waals surface area contributed by atoms with Crippen molar-refractivity contribution in [1.82, 2.24) is 14.2 Å². The molecule has 0 aliphatic carbocycles. The Balaban J connectivity index is 1.73. The minimum absolute atomic E-state index is 0.182. The van der Waals surface area contributed by atoms with Crippen molar-refractivity contribution in [1.29, 1.82) is 5.26 Å². The highest BCUT2D eigenvalue weighted by atomic mass is 32.2. The standard InChI is InChI=1S/C17H15N5OS3/c1-24-16-14(17(25-2)26-21-16)15(23)20-13-8-19-22(10-13)9-12-5-3-4-11(6-12)7-18/h3-6,8,10H,9H2,1-2H3,(H,20,23). The van der Waals surface area contributed by atoms with Crippen LogP contribution in [0.3, 0.4) is 0 Å². The minimum Gasteiger partial charge on any atom is -0.319 e. The Hall–Kier alpha value is -2.28. The molecule has 1 amide bonds. The summed E-state index contributed by atoms with van der Waals surface area (Å²) in [5.74, 6) is -0.182. The van der Waals surface area contributed by atoms with Crippen molar-refractivity contribution in [3.63, 3.8) is 0 Å². The SMILES string of the molecule is CSc1nsc(SC)c1C(=O)Nc1cnn(Cc2cccc(C#N)c2)c1. The number of aromatic nitrogens is 3. The Bertz CT molecular complexity index is 951. The summed E-state index contributed by atoms with van der Waals surface area (Å²) in [5.41, 5.74) is 2.82. The fourth-order valence-electron chi connectivity index (χ4n) is 2.36. The third-order valence-corrected chi connectivity index (χ3v) is 6.27. The van der Waals surface area contributed by atoms with Crippen molar-refractivity contribution in [2.75, 3.05) is 17.8 Å². The first-order valence-corrected chi connectivity index (χ1v) is 10.8. The van der Waals surface area contributed by atoms with Crippen LogP contribution >= 0.6 is 35.1 Å². The average Bonchev–Trinajstić information content (AvgIpc) is 3.27. The molecule has 132 valence electrons. The van der Waals surface area contributed by atoms with Gasteiger partial charge in [-0.2, -0.15) is 14.7 Å². The molecule has 0 aliphatic heterocycles. The van der Waals surface area contributed by atoms with Crippen LogP contribution in [0, 0.1) is 11.3 Å². The second-order valence-electron chi connectivity index (χ2n) is 5.25. The summed E-state index contributed by atoms with van der Waals surface area (Å²) in [6, 6.07) is 9.50. The lowest BCUT2D eigenvalue weighted by molar-refractivity contribution is 0.102. The normalized spacial score (nSPS) is 10.5. The number of amides is 1. The molecule has 26 heavy (non-hydrogen) atoms. The predicted octanol–water partition coefficient (Wildman–Crippen LogP) is 3.96. The molecule has 3 rings (SSSR count). The van der Waals surface area contributed by atoms with E-state index < -0.39 is 0 Å². The van der Waals surface area contributed by atoms with Crippen LogP contribution in [0.15, 0.2) is 45.9 Å². The zero-order valence-electron chi connectivity index (χ0n) is 14.1. The van der Waals surface area contributed by atoms with Crippen LogP contribution in [-0.2, 0) is 6.54 Å². The van der Waals surface area contributed by atoms with E-state index in [1.54, 1.807) is 23.1 Å². The van der Waals surface area contributed by atoms with Gasteiger partial charge in [-0.15, -0.1) is 23.5 Å².